The molecule has 194 valence electrons. The van der Waals surface area contributed by atoms with Crippen LogP contribution >= 0.6 is 11.8 Å². The minimum atomic E-state index is -1.01. The van der Waals surface area contributed by atoms with Gasteiger partial charge in [-0.3, -0.25) is 4.79 Å². The van der Waals surface area contributed by atoms with Crippen molar-refractivity contribution in [2.75, 3.05) is 12.4 Å². The fourth-order valence-electron chi connectivity index (χ4n) is 4.34. The van der Waals surface area contributed by atoms with Crippen molar-refractivity contribution in [1.29, 1.82) is 0 Å². The van der Waals surface area contributed by atoms with Crippen LogP contribution in [0.4, 0.5) is 0 Å². The smallest absolute Gasteiger partial charge is 0.341 e. The summed E-state index contributed by atoms with van der Waals surface area (Å²) in [7, 11) is 0. The highest BCUT2D eigenvalue weighted by Crippen LogP contribution is 2.32. The summed E-state index contributed by atoms with van der Waals surface area (Å²) in [6, 6.07) is 35.9. The molecule has 0 spiro atoms. The number of aliphatic carboxylic acids is 1. The van der Waals surface area contributed by atoms with E-state index in [-0.39, 0.29) is 18.6 Å². The van der Waals surface area contributed by atoms with E-state index in [2.05, 4.69) is 36.4 Å². The quantitative estimate of drug-likeness (QED) is 0.207. The van der Waals surface area contributed by atoms with E-state index in [4.69, 9.17) is 9.84 Å². The highest BCUT2D eigenvalue weighted by molar-refractivity contribution is 7.99. The van der Waals surface area contributed by atoms with Gasteiger partial charge in [-0.1, -0.05) is 91.0 Å². The van der Waals surface area contributed by atoms with Crippen LogP contribution in [-0.2, 0) is 16.1 Å². The Labute approximate surface area is 228 Å². The molecule has 0 bridgehead atoms. The molecule has 1 N–H and O–H groups in total. The van der Waals surface area contributed by atoms with Gasteiger partial charge in [0, 0.05) is 23.6 Å². The predicted molar refractivity (Wildman–Crippen MR) is 151 cm³/mol. The summed E-state index contributed by atoms with van der Waals surface area (Å²) < 4.78 is 5.32. The number of benzene rings is 4. The SMILES string of the molecule is Cc1cc(SCCC(=O)N(Cc2ccccc2)C(c2ccccc2)c2ccccc2)ccc1OCC(=O)O. The van der Waals surface area contributed by atoms with Crippen molar-refractivity contribution in [3.8, 4) is 5.75 Å². The number of amides is 1. The van der Waals surface area contributed by atoms with Crippen molar-refractivity contribution < 1.29 is 19.4 Å². The number of thioether (sulfide) groups is 1. The first-order valence-electron chi connectivity index (χ1n) is 12.5. The zero-order valence-electron chi connectivity index (χ0n) is 21.3. The Morgan fingerprint density at radius 3 is 1.97 bits per heavy atom. The van der Waals surface area contributed by atoms with E-state index in [9.17, 15) is 9.59 Å². The Morgan fingerprint density at radius 2 is 1.42 bits per heavy atom. The van der Waals surface area contributed by atoms with Crippen LogP contribution in [0, 0.1) is 6.92 Å². The maximum absolute atomic E-state index is 13.8. The second-order valence-corrected chi connectivity index (χ2v) is 10.1. The van der Waals surface area contributed by atoms with Crippen LogP contribution in [-0.4, -0.2) is 34.2 Å². The third-order valence-corrected chi connectivity index (χ3v) is 7.14. The van der Waals surface area contributed by atoms with E-state index < -0.39 is 5.97 Å². The molecule has 4 aromatic carbocycles. The lowest BCUT2D eigenvalue weighted by Crippen LogP contribution is -2.35. The summed E-state index contributed by atoms with van der Waals surface area (Å²) in [5.74, 6) is 0.244. The summed E-state index contributed by atoms with van der Waals surface area (Å²) in [5.41, 5.74) is 4.09. The van der Waals surface area contributed by atoms with Crippen molar-refractivity contribution in [2.24, 2.45) is 0 Å². The van der Waals surface area contributed by atoms with Crippen molar-refractivity contribution in [1.82, 2.24) is 4.90 Å². The van der Waals surface area contributed by atoms with Gasteiger partial charge in [0.15, 0.2) is 6.61 Å². The van der Waals surface area contributed by atoms with Gasteiger partial charge in [-0.2, -0.15) is 0 Å². The number of aryl methyl sites for hydroxylation is 1. The van der Waals surface area contributed by atoms with Crippen molar-refractivity contribution >= 4 is 23.6 Å². The summed E-state index contributed by atoms with van der Waals surface area (Å²) in [5, 5.41) is 8.85. The molecular formula is C32H31NO4S. The van der Waals surface area contributed by atoms with Gasteiger partial charge < -0.3 is 14.7 Å². The average molecular weight is 526 g/mol. The fourth-order valence-corrected chi connectivity index (χ4v) is 5.28. The van der Waals surface area contributed by atoms with E-state index in [0.717, 1.165) is 27.1 Å². The third kappa shape index (κ3) is 7.49. The van der Waals surface area contributed by atoms with Crippen molar-refractivity contribution in [3.63, 3.8) is 0 Å². The Morgan fingerprint density at radius 1 is 0.842 bits per heavy atom. The Kier molecular flexibility index (Phi) is 9.59. The molecule has 0 heterocycles. The van der Waals surface area contributed by atoms with E-state index in [1.807, 2.05) is 78.6 Å². The van der Waals surface area contributed by atoms with Gasteiger partial charge in [0.05, 0.1) is 6.04 Å². The topological polar surface area (TPSA) is 66.8 Å². The predicted octanol–water partition coefficient (Wildman–Crippen LogP) is 6.76. The van der Waals surface area contributed by atoms with Crippen LogP contribution in [0.3, 0.4) is 0 Å². The number of rotatable bonds is 12. The minimum absolute atomic E-state index is 0.0807. The van der Waals surface area contributed by atoms with Gasteiger partial charge in [-0.05, 0) is 47.4 Å². The summed E-state index contributed by atoms with van der Waals surface area (Å²) in [6.45, 7) is 2.02. The van der Waals surface area contributed by atoms with E-state index in [1.54, 1.807) is 17.8 Å². The molecule has 0 radical (unpaired) electrons. The van der Waals surface area contributed by atoms with E-state index >= 15 is 0 Å². The molecule has 4 aromatic rings. The van der Waals surface area contributed by atoms with Gasteiger partial charge >= 0.3 is 5.97 Å². The Bertz CT molecular complexity index is 1290. The first-order chi connectivity index (χ1) is 18.5. The highest BCUT2D eigenvalue weighted by atomic mass is 32.2. The van der Waals surface area contributed by atoms with Gasteiger partial charge in [-0.15, -0.1) is 11.8 Å². The Balaban J connectivity index is 1.53. The Hall–Kier alpha value is -4.03. The molecule has 6 heteroatoms. The lowest BCUT2D eigenvalue weighted by atomic mass is 9.96. The molecule has 0 aromatic heterocycles. The lowest BCUT2D eigenvalue weighted by Gasteiger charge is -2.33. The average Bonchev–Trinajstić information content (AvgIpc) is 2.94. The number of carboxylic acids is 1. The minimum Gasteiger partial charge on any atom is -0.482 e. The van der Waals surface area contributed by atoms with Crippen LogP contribution in [0.1, 0.15) is 34.7 Å². The molecule has 0 atom stereocenters. The zero-order chi connectivity index (χ0) is 26.7. The molecule has 0 aliphatic rings. The van der Waals surface area contributed by atoms with Gasteiger partial charge in [0.1, 0.15) is 5.75 Å². The number of hydrogen-bond acceptors (Lipinski definition) is 4. The molecule has 0 saturated carbocycles. The van der Waals surface area contributed by atoms with Gasteiger partial charge in [0.25, 0.3) is 0 Å². The molecule has 0 aliphatic heterocycles. The number of ether oxygens (including phenoxy) is 1. The number of carboxylic acid groups (broad SMARTS) is 1. The van der Waals surface area contributed by atoms with Crippen LogP contribution in [0.25, 0.3) is 0 Å². The molecule has 0 unspecified atom stereocenters. The first kappa shape index (κ1) is 27.0. The second kappa shape index (κ2) is 13.5. The number of carbonyl (C=O) groups is 2. The number of carbonyl (C=O) groups excluding carboxylic acids is 1. The molecular weight excluding hydrogens is 494 g/mol. The first-order valence-corrected chi connectivity index (χ1v) is 13.5. The monoisotopic (exact) mass is 525 g/mol. The van der Waals surface area contributed by atoms with Crippen molar-refractivity contribution in [3.05, 3.63) is 131 Å². The molecule has 0 aliphatic carbocycles. The van der Waals surface area contributed by atoms with Crippen LogP contribution in [0.2, 0.25) is 0 Å². The van der Waals surface area contributed by atoms with Crippen LogP contribution < -0.4 is 4.74 Å². The summed E-state index contributed by atoms with van der Waals surface area (Å²) in [6.07, 6.45) is 0.379. The number of nitrogens with zero attached hydrogens (tertiary/aromatic N) is 1. The molecule has 1 amide bonds. The highest BCUT2D eigenvalue weighted by Gasteiger charge is 2.26. The largest absolute Gasteiger partial charge is 0.482 e. The number of hydrogen-bond donors (Lipinski definition) is 1. The molecule has 5 nitrogen and oxygen atoms in total. The summed E-state index contributed by atoms with van der Waals surface area (Å²) >= 11 is 1.60. The van der Waals surface area contributed by atoms with Crippen molar-refractivity contribution in [2.45, 2.75) is 30.8 Å². The molecule has 38 heavy (non-hydrogen) atoms. The normalized spacial score (nSPS) is 10.8. The third-order valence-electron chi connectivity index (χ3n) is 6.14. The zero-order valence-corrected chi connectivity index (χ0v) is 22.1. The van der Waals surface area contributed by atoms with E-state index in [1.165, 1.54) is 0 Å². The fraction of sp³-hybridized carbons (Fsp3) is 0.188. The van der Waals surface area contributed by atoms with Gasteiger partial charge in [-0.25, -0.2) is 4.79 Å². The molecule has 4 rings (SSSR count). The standard InChI is InChI=1S/C32H31NO4S/c1-24-21-28(17-18-29(24)37-23-31(35)36)38-20-19-30(34)33(22-25-11-5-2-6-12-25)32(26-13-7-3-8-14-26)27-15-9-4-10-16-27/h2-18,21,32H,19-20,22-23H2,1H3,(H,35,36). The van der Waals surface area contributed by atoms with Gasteiger partial charge in [0.2, 0.25) is 5.91 Å². The second-order valence-electron chi connectivity index (χ2n) is 8.94. The molecule has 0 saturated heterocycles. The molecule has 0 fully saturated rings. The summed E-state index contributed by atoms with van der Waals surface area (Å²) in [4.78, 5) is 27.6. The lowest BCUT2D eigenvalue weighted by molar-refractivity contribution is -0.139. The maximum Gasteiger partial charge on any atom is 0.341 e. The van der Waals surface area contributed by atoms with Crippen LogP contribution in [0.15, 0.2) is 114 Å². The van der Waals surface area contributed by atoms with Crippen LogP contribution in [0.5, 0.6) is 5.75 Å². The van der Waals surface area contributed by atoms with E-state index in [0.29, 0.717) is 24.5 Å². The maximum atomic E-state index is 13.8.